The predicted octanol–water partition coefficient (Wildman–Crippen LogP) is 2.82. The van der Waals surface area contributed by atoms with Crippen LogP contribution >= 0.6 is 0 Å². The number of hydrogen-bond acceptors (Lipinski definition) is 3. The van der Waals surface area contributed by atoms with Crippen LogP contribution in [0.25, 0.3) is 22.0 Å². The van der Waals surface area contributed by atoms with Gasteiger partial charge in [-0.15, -0.1) is 0 Å². The molecule has 0 fully saturated rings. The number of rotatable bonds is 3. The van der Waals surface area contributed by atoms with E-state index in [0.29, 0.717) is 0 Å². The highest BCUT2D eigenvalue weighted by Crippen LogP contribution is 2.25. The fraction of sp³-hybridized carbons (Fsp3) is 0.118. The van der Waals surface area contributed by atoms with Crippen LogP contribution in [0.15, 0.2) is 42.5 Å². The molecule has 2 aromatic carbocycles. The molecule has 3 rings (SSSR count). The molecule has 110 valence electrons. The number of ketones is 1. The number of nitrogens with zero attached hydrogens (tertiary/aromatic N) is 2. The monoisotopic (exact) mass is 294 g/mol. The van der Waals surface area contributed by atoms with Crippen LogP contribution in [0.4, 0.5) is 0 Å². The van der Waals surface area contributed by atoms with Crippen molar-refractivity contribution in [2.24, 2.45) is 7.05 Å². The average molecular weight is 294 g/mol. The smallest absolute Gasteiger partial charge is 0.377 e. The quantitative estimate of drug-likeness (QED) is 0.595. The highest BCUT2D eigenvalue weighted by atomic mass is 16.4. The zero-order chi connectivity index (χ0) is 15.9. The van der Waals surface area contributed by atoms with E-state index in [2.05, 4.69) is 5.10 Å². The Balaban J connectivity index is 2.00. The number of benzene rings is 2. The molecule has 0 spiro atoms. The van der Waals surface area contributed by atoms with Gasteiger partial charge in [-0.1, -0.05) is 36.4 Å². The Bertz CT molecular complexity index is 892. The summed E-state index contributed by atoms with van der Waals surface area (Å²) in [6, 6.07) is 12.5. The Morgan fingerprint density at radius 1 is 1.05 bits per heavy atom. The fourth-order valence-electron chi connectivity index (χ4n) is 2.45. The van der Waals surface area contributed by atoms with Gasteiger partial charge in [0.1, 0.15) is 0 Å². The summed E-state index contributed by atoms with van der Waals surface area (Å²) in [6.07, 6.45) is 0. The molecule has 0 atom stereocenters. The van der Waals surface area contributed by atoms with Crippen molar-refractivity contribution in [2.75, 3.05) is 0 Å². The Labute approximate surface area is 126 Å². The van der Waals surface area contributed by atoms with Crippen LogP contribution in [-0.4, -0.2) is 26.6 Å². The first-order valence-electron chi connectivity index (χ1n) is 6.79. The van der Waals surface area contributed by atoms with Crippen LogP contribution in [0, 0.1) is 6.92 Å². The molecule has 3 aromatic rings. The summed E-state index contributed by atoms with van der Waals surface area (Å²) in [5, 5.41) is 14.3. The maximum atomic E-state index is 11.4. The van der Waals surface area contributed by atoms with Crippen molar-refractivity contribution in [1.82, 2.24) is 9.78 Å². The summed E-state index contributed by atoms with van der Waals surface area (Å²) in [4.78, 5) is 22.1. The van der Waals surface area contributed by atoms with Crippen molar-refractivity contribution in [2.45, 2.75) is 6.92 Å². The fourth-order valence-corrected chi connectivity index (χ4v) is 2.45. The minimum atomic E-state index is -1.45. The molecule has 0 aliphatic heterocycles. The molecule has 0 saturated carbocycles. The summed E-state index contributed by atoms with van der Waals surface area (Å²) < 4.78 is 1.84. The zero-order valence-corrected chi connectivity index (χ0v) is 12.2. The molecule has 0 aliphatic carbocycles. The maximum Gasteiger partial charge on any atom is 0.377 e. The molecule has 0 radical (unpaired) electrons. The van der Waals surface area contributed by atoms with E-state index in [4.69, 9.17) is 5.11 Å². The second kappa shape index (κ2) is 5.11. The van der Waals surface area contributed by atoms with Crippen molar-refractivity contribution in [1.29, 1.82) is 0 Å². The van der Waals surface area contributed by atoms with E-state index in [-0.39, 0.29) is 5.56 Å². The molecule has 0 saturated heterocycles. The summed E-state index contributed by atoms with van der Waals surface area (Å²) in [6.45, 7) is 2.02. The number of carbonyl (C=O) groups is 2. The molecular weight excluding hydrogens is 280 g/mol. The lowest BCUT2D eigenvalue weighted by Crippen LogP contribution is -2.12. The Kier molecular flexibility index (Phi) is 3.25. The summed E-state index contributed by atoms with van der Waals surface area (Å²) in [5.41, 5.74) is 4.06. The van der Waals surface area contributed by atoms with Gasteiger partial charge < -0.3 is 5.11 Å². The molecule has 0 amide bonds. The predicted molar refractivity (Wildman–Crippen MR) is 82.9 cm³/mol. The van der Waals surface area contributed by atoms with Gasteiger partial charge in [-0.05, 0) is 24.1 Å². The van der Waals surface area contributed by atoms with Crippen molar-refractivity contribution in [3.8, 4) is 11.1 Å². The van der Waals surface area contributed by atoms with E-state index in [1.807, 2.05) is 36.9 Å². The number of carboxylic acid groups (broad SMARTS) is 1. The average Bonchev–Trinajstić information content (AvgIpc) is 2.81. The molecule has 5 heteroatoms. The molecule has 0 bridgehead atoms. The van der Waals surface area contributed by atoms with Crippen molar-refractivity contribution < 1.29 is 14.7 Å². The van der Waals surface area contributed by atoms with Gasteiger partial charge in [-0.25, -0.2) is 4.79 Å². The minimum absolute atomic E-state index is 0.172. The number of carbonyl (C=O) groups excluding carboxylic acids is 1. The van der Waals surface area contributed by atoms with Crippen LogP contribution < -0.4 is 0 Å². The third-order valence-corrected chi connectivity index (χ3v) is 3.81. The number of Topliss-reactive ketones (excluding diaryl/α,β-unsaturated/α-hetero) is 1. The van der Waals surface area contributed by atoms with E-state index < -0.39 is 11.8 Å². The van der Waals surface area contributed by atoms with E-state index in [1.54, 1.807) is 12.1 Å². The van der Waals surface area contributed by atoms with Gasteiger partial charge >= 0.3 is 5.97 Å². The molecule has 1 heterocycles. The first kappa shape index (κ1) is 14.0. The number of fused-ring (bicyclic) bond motifs is 1. The third-order valence-electron chi connectivity index (χ3n) is 3.81. The van der Waals surface area contributed by atoms with E-state index in [0.717, 1.165) is 27.7 Å². The van der Waals surface area contributed by atoms with Crippen LogP contribution in [0.5, 0.6) is 0 Å². The molecule has 5 nitrogen and oxygen atoms in total. The van der Waals surface area contributed by atoms with Crippen LogP contribution in [0.1, 0.15) is 16.1 Å². The molecule has 1 N–H and O–H groups in total. The Hall–Kier alpha value is -2.95. The lowest BCUT2D eigenvalue weighted by molar-refractivity contribution is -0.131. The van der Waals surface area contributed by atoms with Gasteiger partial charge in [0.15, 0.2) is 0 Å². The maximum absolute atomic E-state index is 11.4. The van der Waals surface area contributed by atoms with Crippen molar-refractivity contribution in [3.63, 3.8) is 0 Å². The summed E-state index contributed by atoms with van der Waals surface area (Å²) >= 11 is 0. The van der Waals surface area contributed by atoms with E-state index in [9.17, 15) is 9.59 Å². The number of aliphatic carboxylic acids is 1. The van der Waals surface area contributed by atoms with Crippen LogP contribution in [0.2, 0.25) is 0 Å². The second-order valence-electron chi connectivity index (χ2n) is 5.15. The van der Waals surface area contributed by atoms with Gasteiger partial charge in [-0.2, -0.15) is 5.10 Å². The first-order valence-corrected chi connectivity index (χ1v) is 6.79. The van der Waals surface area contributed by atoms with Gasteiger partial charge in [0, 0.05) is 23.7 Å². The van der Waals surface area contributed by atoms with E-state index in [1.165, 1.54) is 12.1 Å². The van der Waals surface area contributed by atoms with Crippen LogP contribution in [0.3, 0.4) is 0 Å². The largest absolute Gasteiger partial charge is 0.475 e. The Morgan fingerprint density at radius 2 is 1.68 bits per heavy atom. The molecular formula is C17H14N2O3. The van der Waals surface area contributed by atoms with Gasteiger partial charge in [0.05, 0.1) is 5.52 Å². The Morgan fingerprint density at radius 3 is 2.32 bits per heavy atom. The first-order chi connectivity index (χ1) is 10.5. The zero-order valence-electron chi connectivity index (χ0n) is 12.2. The summed E-state index contributed by atoms with van der Waals surface area (Å²) in [7, 11) is 1.90. The highest BCUT2D eigenvalue weighted by Gasteiger charge is 2.14. The number of aromatic nitrogens is 2. The minimum Gasteiger partial charge on any atom is -0.475 e. The number of hydrogen-bond donors (Lipinski definition) is 1. The number of aryl methyl sites for hydroxylation is 2. The third kappa shape index (κ3) is 2.26. The van der Waals surface area contributed by atoms with Gasteiger partial charge in [0.2, 0.25) is 0 Å². The number of carboxylic acids is 1. The topological polar surface area (TPSA) is 72.2 Å². The standard InChI is InChI=1S/C17H14N2O3/c1-10-14-8-7-13(9-15(14)18-19(10)2)11-3-5-12(6-4-11)16(20)17(21)22/h3-9H,1-2H3,(H,21,22). The lowest BCUT2D eigenvalue weighted by Gasteiger charge is -2.03. The van der Waals surface area contributed by atoms with Crippen molar-refractivity contribution >= 4 is 22.7 Å². The molecule has 0 unspecified atom stereocenters. The SMILES string of the molecule is Cc1c2ccc(-c3ccc(C(=O)C(=O)O)cc3)cc2nn1C. The van der Waals surface area contributed by atoms with Gasteiger partial charge in [-0.3, -0.25) is 9.48 Å². The molecule has 1 aromatic heterocycles. The highest BCUT2D eigenvalue weighted by molar-refractivity contribution is 6.39. The summed E-state index contributed by atoms with van der Waals surface area (Å²) in [5.74, 6) is -2.35. The van der Waals surface area contributed by atoms with Gasteiger partial charge in [0.25, 0.3) is 5.78 Å². The van der Waals surface area contributed by atoms with Crippen LogP contribution in [-0.2, 0) is 11.8 Å². The lowest BCUT2D eigenvalue weighted by atomic mass is 10.0. The molecule has 0 aliphatic rings. The second-order valence-corrected chi connectivity index (χ2v) is 5.15. The normalized spacial score (nSPS) is 10.8. The van der Waals surface area contributed by atoms with Crippen molar-refractivity contribution in [3.05, 3.63) is 53.7 Å². The van der Waals surface area contributed by atoms with E-state index >= 15 is 0 Å². The molecule has 22 heavy (non-hydrogen) atoms.